The fourth-order valence-corrected chi connectivity index (χ4v) is 4.43. The summed E-state index contributed by atoms with van der Waals surface area (Å²) in [7, 11) is -1.36. The van der Waals surface area contributed by atoms with Crippen molar-refractivity contribution in [3.05, 3.63) is 84.9 Å². The largest absolute Gasteiger partial charge is 0.492 e. The highest BCUT2D eigenvalue weighted by molar-refractivity contribution is 7.85. The number of anilines is 2. The highest BCUT2D eigenvalue weighted by Gasteiger charge is 2.10. The second kappa shape index (κ2) is 11.5. The zero-order valence-corrected chi connectivity index (χ0v) is 20.9. The van der Waals surface area contributed by atoms with Crippen molar-refractivity contribution in [1.82, 2.24) is 0 Å². The molecular formula is C28H28N2O5S. The van der Waals surface area contributed by atoms with Crippen LogP contribution in [0, 0.1) is 0 Å². The maximum absolute atomic E-state index is 13.1. The first-order valence-electron chi connectivity index (χ1n) is 11.5. The van der Waals surface area contributed by atoms with Crippen LogP contribution in [0.15, 0.2) is 94.7 Å². The van der Waals surface area contributed by atoms with E-state index in [0.29, 0.717) is 68.9 Å². The summed E-state index contributed by atoms with van der Waals surface area (Å²) in [5.74, 6) is 3.58. The average molecular weight is 505 g/mol. The third-order valence-electron chi connectivity index (χ3n) is 5.12. The number of nitrogens with two attached hydrogens (primary N) is 2. The minimum Gasteiger partial charge on any atom is -0.492 e. The van der Waals surface area contributed by atoms with Crippen molar-refractivity contribution in [2.45, 2.75) is 23.6 Å². The van der Waals surface area contributed by atoms with Gasteiger partial charge < -0.3 is 30.4 Å². The van der Waals surface area contributed by atoms with E-state index in [9.17, 15) is 4.21 Å². The number of hydrogen-bond donors (Lipinski definition) is 2. The second-order valence-electron chi connectivity index (χ2n) is 7.68. The third-order valence-corrected chi connectivity index (χ3v) is 6.52. The van der Waals surface area contributed by atoms with Crippen molar-refractivity contribution in [1.29, 1.82) is 0 Å². The van der Waals surface area contributed by atoms with Crippen LogP contribution in [0.5, 0.6) is 34.5 Å². The Morgan fingerprint density at radius 3 is 1.31 bits per heavy atom. The van der Waals surface area contributed by atoms with Gasteiger partial charge in [0.25, 0.3) is 0 Å². The molecule has 0 aliphatic rings. The summed E-state index contributed by atoms with van der Waals surface area (Å²) in [6, 6.07) is 24.7. The lowest BCUT2D eigenvalue weighted by Crippen LogP contribution is -1.97. The fourth-order valence-electron chi connectivity index (χ4n) is 3.39. The highest BCUT2D eigenvalue weighted by atomic mass is 32.2. The lowest BCUT2D eigenvalue weighted by atomic mass is 10.2. The molecule has 0 aromatic heterocycles. The Kier molecular flexibility index (Phi) is 7.97. The van der Waals surface area contributed by atoms with Gasteiger partial charge in [0.2, 0.25) is 0 Å². The monoisotopic (exact) mass is 504 g/mol. The molecule has 0 unspecified atom stereocenters. The molecule has 0 bridgehead atoms. The van der Waals surface area contributed by atoms with Gasteiger partial charge in [0.15, 0.2) is 0 Å². The number of benzene rings is 4. The number of rotatable bonds is 10. The minimum absolute atomic E-state index is 0.511. The lowest BCUT2D eigenvalue weighted by molar-refractivity contribution is 0.340. The Labute approximate surface area is 213 Å². The van der Waals surface area contributed by atoms with Crippen molar-refractivity contribution in [2.75, 3.05) is 24.7 Å². The SMILES string of the molecule is CCOc1cc(Oc2ccc(S(=O)c3ccc(Oc4ccc(N)c(OCC)c4)cc3)cc2)ccc1N. The molecule has 4 rings (SSSR count). The molecule has 0 spiro atoms. The summed E-state index contributed by atoms with van der Waals surface area (Å²) in [6.07, 6.45) is 0. The molecule has 0 saturated heterocycles. The summed E-state index contributed by atoms with van der Waals surface area (Å²) < 4.78 is 35.9. The Morgan fingerprint density at radius 1 is 0.583 bits per heavy atom. The van der Waals surface area contributed by atoms with E-state index in [0.717, 1.165) is 0 Å². The summed E-state index contributed by atoms with van der Waals surface area (Å²) in [6.45, 7) is 4.81. The van der Waals surface area contributed by atoms with E-state index in [-0.39, 0.29) is 0 Å². The Balaban J connectivity index is 1.41. The van der Waals surface area contributed by atoms with Crippen LogP contribution >= 0.6 is 0 Å². The van der Waals surface area contributed by atoms with Gasteiger partial charge in [-0.2, -0.15) is 0 Å². The molecule has 0 aliphatic heterocycles. The highest BCUT2D eigenvalue weighted by Crippen LogP contribution is 2.32. The standard InChI is InChI=1S/C28H28N2O5S/c1-3-32-27-17-21(9-15-25(27)29)34-19-5-11-23(12-6-19)36(31)24-13-7-20(8-14-24)35-22-10-16-26(30)28(18-22)33-4-2/h5-18H,3-4,29-30H2,1-2H3. The van der Waals surface area contributed by atoms with Gasteiger partial charge in [0, 0.05) is 21.9 Å². The quantitative estimate of drug-likeness (QED) is 0.241. The molecule has 0 fully saturated rings. The molecule has 0 amide bonds. The topological polar surface area (TPSA) is 106 Å². The van der Waals surface area contributed by atoms with E-state index in [4.69, 9.17) is 30.4 Å². The Hall–Kier alpha value is -4.17. The van der Waals surface area contributed by atoms with Crippen LogP contribution in [0.25, 0.3) is 0 Å². The van der Waals surface area contributed by atoms with Gasteiger partial charge in [-0.25, -0.2) is 4.21 Å². The fraction of sp³-hybridized carbons (Fsp3) is 0.143. The van der Waals surface area contributed by atoms with Crippen LogP contribution in [0.1, 0.15) is 13.8 Å². The number of nitrogen functional groups attached to an aromatic ring is 2. The van der Waals surface area contributed by atoms with Crippen molar-refractivity contribution < 1.29 is 23.2 Å². The van der Waals surface area contributed by atoms with Gasteiger partial charge in [-0.05, 0) is 86.6 Å². The van der Waals surface area contributed by atoms with Crippen LogP contribution in [-0.2, 0) is 10.8 Å². The van der Waals surface area contributed by atoms with Gasteiger partial charge in [-0.15, -0.1) is 0 Å². The number of hydrogen-bond acceptors (Lipinski definition) is 7. The summed E-state index contributed by atoms with van der Waals surface area (Å²) in [5, 5.41) is 0. The predicted octanol–water partition coefficient (Wildman–Crippen LogP) is 6.40. The van der Waals surface area contributed by atoms with E-state index >= 15 is 0 Å². The normalized spacial score (nSPS) is 10.8. The zero-order chi connectivity index (χ0) is 25.5. The number of ether oxygens (including phenoxy) is 4. The molecule has 0 saturated carbocycles. The third kappa shape index (κ3) is 6.09. The van der Waals surface area contributed by atoms with E-state index in [1.807, 2.05) is 13.8 Å². The minimum atomic E-state index is -1.36. The van der Waals surface area contributed by atoms with Crippen molar-refractivity contribution >= 4 is 22.2 Å². The molecule has 0 atom stereocenters. The van der Waals surface area contributed by atoms with E-state index < -0.39 is 10.8 Å². The van der Waals surface area contributed by atoms with Crippen molar-refractivity contribution in [3.63, 3.8) is 0 Å². The van der Waals surface area contributed by atoms with Gasteiger partial charge in [-0.3, -0.25) is 0 Å². The molecule has 8 heteroatoms. The van der Waals surface area contributed by atoms with Gasteiger partial charge in [-0.1, -0.05) is 0 Å². The Morgan fingerprint density at radius 2 is 0.944 bits per heavy atom. The molecule has 4 aromatic carbocycles. The smallest absolute Gasteiger partial charge is 0.145 e. The Bertz CT molecular complexity index is 1240. The maximum Gasteiger partial charge on any atom is 0.145 e. The van der Waals surface area contributed by atoms with E-state index in [2.05, 4.69) is 0 Å². The van der Waals surface area contributed by atoms with Gasteiger partial charge in [0.1, 0.15) is 34.5 Å². The summed E-state index contributed by atoms with van der Waals surface area (Å²) in [4.78, 5) is 1.31. The molecule has 0 heterocycles. The van der Waals surface area contributed by atoms with Crippen LogP contribution in [0.3, 0.4) is 0 Å². The first-order chi connectivity index (χ1) is 17.5. The summed E-state index contributed by atoms with van der Waals surface area (Å²) in [5.41, 5.74) is 12.9. The van der Waals surface area contributed by atoms with Gasteiger partial charge >= 0.3 is 0 Å². The molecular weight excluding hydrogens is 476 g/mol. The molecule has 4 N–H and O–H groups in total. The average Bonchev–Trinajstić information content (AvgIpc) is 2.89. The van der Waals surface area contributed by atoms with Crippen LogP contribution in [0.2, 0.25) is 0 Å². The van der Waals surface area contributed by atoms with Crippen molar-refractivity contribution in [2.24, 2.45) is 0 Å². The maximum atomic E-state index is 13.1. The summed E-state index contributed by atoms with van der Waals surface area (Å²) >= 11 is 0. The first-order valence-corrected chi connectivity index (χ1v) is 12.6. The molecule has 0 radical (unpaired) electrons. The predicted molar refractivity (Wildman–Crippen MR) is 142 cm³/mol. The van der Waals surface area contributed by atoms with Gasteiger partial charge in [0.05, 0.1) is 35.4 Å². The van der Waals surface area contributed by atoms with Crippen LogP contribution in [-0.4, -0.2) is 17.4 Å². The molecule has 7 nitrogen and oxygen atoms in total. The van der Waals surface area contributed by atoms with Crippen LogP contribution in [0.4, 0.5) is 11.4 Å². The lowest BCUT2D eigenvalue weighted by Gasteiger charge is -2.11. The van der Waals surface area contributed by atoms with E-state index in [1.165, 1.54) is 0 Å². The molecule has 4 aromatic rings. The zero-order valence-electron chi connectivity index (χ0n) is 20.1. The molecule has 186 valence electrons. The van der Waals surface area contributed by atoms with Crippen molar-refractivity contribution in [3.8, 4) is 34.5 Å². The molecule has 36 heavy (non-hydrogen) atoms. The van der Waals surface area contributed by atoms with Crippen LogP contribution < -0.4 is 30.4 Å². The second-order valence-corrected chi connectivity index (χ2v) is 9.16. The van der Waals surface area contributed by atoms with E-state index in [1.54, 1.807) is 84.9 Å². The first kappa shape index (κ1) is 24.9. The molecule has 0 aliphatic carbocycles.